The lowest BCUT2D eigenvalue weighted by molar-refractivity contribution is -0.116. The summed E-state index contributed by atoms with van der Waals surface area (Å²) in [6.45, 7) is 0. The van der Waals surface area contributed by atoms with Gasteiger partial charge in [-0.15, -0.1) is 0 Å². The number of nitrogens with one attached hydrogen (secondary N) is 3. The van der Waals surface area contributed by atoms with E-state index in [4.69, 9.17) is 0 Å². The molecule has 0 atom stereocenters. The van der Waals surface area contributed by atoms with E-state index in [1.54, 1.807) is 23.0 Å². The Balaban J connectivity index is 1.51. The van der Waals surface area contributed by atoms with Gasteiger partial charge in [0.15, 0.2) is 17.4 Å². The summed E-state index contributed by atoms with van der Waals surface area (Å²) in [5, 5.41) is 13.4. The van der Waals surface area contributed by atoms with Crippen molar-refractivity contribution in [3.05, 3.63) is 59.8 Å². The number of Topliss-reactive ketones (excluding diaryl/α,β-unsaturated/α-hetero) is 1. The molecule has 1 aliphatic rings. The Morgan fingerprint density at radius 2 is 2.10 bits per heavy atom. The zero-order chi connectivity index (χ0) is 22.0. The highest BCUT2D eigenvalue weighted by Gasteiger charge is 2.19. The van der Waals surface area contributed by atoms with Gasteiger partial charge in [-0.2, -0.15) is 10.1 Å². The Kier molecular flexibility index (Phi) is 5.44. The maximum Gasteiger partial charge on any atom is 0.243 e. The van der Waals surface area contributed by atoms with Crippen molar-refractivity contribution in [1.82, 2.24) is 25.1 Å². The van der Waals surface area contributed by atoms with E-state index < -0.39 is 5.82 Å². The van der Waals surface area contributed by atoms with Crippen LogP contribution < -0.4 is 16.0 Å². The molecule has 0 fully saturated rings. The van der Waals surface area contributed by atoms with E-state index in [1.165, 1.54) is 13.1 Å². The molecule has 3 N–H and O–H groups in total. The largest absolute Gasteiger partial charge is 0.356 e. The van der Waals surface area contributed by atoms with E-state index >= 15 is 0 Å². The lowest BCUT2D eigenvalue weighted by Gasteiger charge is -2.16. The number of nitrogens with zero attached hydrogens (tertiary/aromatic N) is 4. The van der Waals surface area contributed by atoms with Crippen LogP contribution in [0.25, 0.3) is 10.9 Å². The quantitative estimate of drug-likeness (QED) is 0.543. The smallest absolute Gasteiger partial charge is 0.243 e. The highest BCUT2D eigenvalue weighted by atomic mass is 19.1. The minimum Gasteiger partial charge on any atom is -0.356 e. The number of likely N-dealkylation sites (N-methyl/N-ethyl adjacent to an activating group) is 1. The monoisotopic (exact) mass is 421 g/mol. The van der Waals surface area contributed by atoms with Crippen molar-refractivity contribution >= 4 is 40.0 Å². The summed E-state index contributed by atoms with van der Waals surface area (Å²) in [5.74, 6) is -1.02. The molecule has 158 valence electrons. The van der Waals surface area contributed by atoms with Crippen LogP contribution in [-0.4, -0.2) is 38.5 Å². The van der Waals surface area contributed by atoms with Crippen molar-refractivity contribution in [2.24, 2.45) is 7.05 Å². The van der Waals surface area contributed by atoms with Crippen LogP contribution in [0, 0.1) is 5.82 Å². The molecule has 1 amide bonds. The normalized spacial score (nSPS) is 15.1. The van der Waals surface area contributed by atoms with Crippen molar-refractivity contribution in [2.75, 3.05) is 17.7 Å². The number of carbonyl (C=O) groups is 2. The van der Waals surface area contributed by atoms with Crippen LogP contribution in [0.4, 0.5) is 21.8 Å². The number of amides is 1. The minimum absolute atomic E-state index is 0.0233. The number of hydrogen-bond donors (Lipinski definition) is 3. The molecule has 0 unspecified atom stereocenters. The number of ketones is 1. The van der Waals surface area contributed by atoms with Crippen molar-refractivity contribution in [3.8, 4) is 0 Å². The average Bonchev–Trinajstić information content (AvgIpc) is 3.12. The molecule has 3 aromatic rings. The first-order valence-corrected chi connectivity index (χ1v) is 9.56. The number of aromatic nitrogens is 4. The third-order valence-corrected chi connectivity index (χ3v) is 4.84. The number of carbonyl (C=O) groups excluding carboxylic acids is 2. The first-order valence-electron chi connectivity index (χ1n) is 9.56. The highest BCUT2D eigenvalue weighted by Crippen LogP contribution is 2.24. The van der Waals surface area contributed by atoms with Gasteiger partial charge >= 0.3 is 0 Å². The van der Waals surface area contributed by atoms with Gasteiger partial charge in [-0.3, -0.25) is 14.3 Å². The minimum atomic E-state index is -0.628. The van der Waals surface area contributed by atoms with E-state index in [-0.39, 0.29) is 29.9 Å². The van der Waals surface area contributed by atoms with Gasteiger partial charge in [-0.05, 0) is 24.6 Å². The maximum atomic E-state index is 14.3. The van der Waals surface area contributed by atoms with Crippen molar-refractivity contribution in [1.29, 1.82) is 0 Å². The molecule has 0 bridgehead atoms. The van der Waals surface area contributed by atoms with E-state index in [1.807, 2.05) is 19.2 Å². The summed E-state index contributed by atoms with van der Waals surface area (Å²) < 4.78 is 16.0. The topological polar surface area (TPSA) is 114 Å². The molecule has 4 rings (SSSR count). The Labute approximate surface area is 177 Å². The number of hydrogen-bond acceptors (Lipinski definition) is 7. The second kappa shape index (κ2) is 8.34. The number of halogens is 1. The van der Waals surface area contributed by atoms with Gasteiger partial charge in [0.2, 0.25) is 11.9 Å². The Bertz CT molecular complexity index is 1250. The first-order chi connectivity index (χ1) is 14.9. The molecule has 2 aromatic heterocycles. The number of rotatable bonds is 5. The van der Waals surface area contributed by atoms with E-state index in [0.29, 0.717) is 23.4 Å². The standard InChI is InChI=1S/C21H20FN7O2/c1-23-19(31)8-12-3-5-16(18(30)7-12)27-21-24-11-15(22)20(28-21)26-14-4-6-17-13(9-14)10-25-29(17)2/h4-6,8-11H,3,7H2,1-2H3,(H,23,31)(H2,24,26,27,28). The van der Waals surface area contributed by atoms with Crippen LogP contribution in [-0.2, 0) is 16.6 Å². The molecule has 0 radical (unpaired) electrons. The maximum absolute atomic E-state index is 14.3. The lowest BCUT2D eigenvalue weighted by Crippen LogP contribution is -2.20. The third-order valence-electron chi connectivity index (χ3n) is 4.84. The van der Waals surface area contributed by atoms with Crippen LogP contribution >= 0.6 is 0 Å². The van der Waals surface area contributed by atoms with Crippen LogP contribution in [0.3, 0.4) is 0 Å². The molecule has 10 heteroatoms. The number of anilines is 3. The average molecular weight is 421 g/mol. The second-order valence-electron chi connectivity index (χ2n) is 7.02. The number of allylic oxidation sites excluding steroid dienone is 3. The van der Waals surface area contributed by atoms with E-state index in [2.05, 4.69) is 31.0 Å². The molecule has 0 aliphatic heterocycles. The highest BCUT2D eigenvalue weighted by molar-refractivity contribution is 6.01. The number of aryl methyl sites for hydroxylation is 1. The van der Waals surface area contributed by atoms with Gasteiger partial charge in [-0.25, -0.2) is 9.37 Å². The number of fused-ring (bicyclic) bond motifs is 1. The molecule has 2 heterocycles. The zero-order valence-electron chi connectivity index (χ0n) is 16.9. The molecule has 31 heavy (non-hydrogen) atoms. The van der Waals surface area contributed by atoms with E-state index in [0.717, 1.165) is 17.1 Å². The van der Waals surface area contributed by atoms with Gasteiger partial charge in [0.05, 0.1) is 23.6 Å². The molecular formula is C21H20FN7O2. The van der Waals surface area contributed by atoms with Gasteiger partial charge in [-0.1, -0.05) is 11.6 Å². The molecule has 0 saturated carbocycles. The summed E-state index contributed by atoms with van der Waals surface area (Å²) in [4.78, 5) is 31.9. The third kappa shape index (κ3) is 4.42. The SMILES string of the molecule is CNC(=O)C=C1CC=C(Nc2ncc(F)c(Nc3ccc4c(cnn4C)c3)n2)C(=O)C1. The number of benzene rings is 1. The summed E-state index contributed by atoms with van der Waals surface area (Å²) in [6, 6.07) is 5.51. The molecule has 0 spiro atoms. The zero-order valence-corrected chi connectivity index (χ0v) is 16.9. The van der Waals surface area contributed by atoms with Gasteiger partial charge in [0.25, 0.3) is 0 Å². The lowest BCUT2D eigenvalue weighted by atomic mass is 9.97. The van der Waals surface area contributed by atoms with Gasteiger partial charge in [0.1, 0.15) is 0 Å². The molecule has 9 nitrogen and oxygen atoms in total. The van der Waals surface area contributed by atoms with Gasteiger partial charge in [0, 0.05) is 37.7 Å². The Hall–Kier alpha value is -4.08. The fourth-order valence-corrected chi connectivity index (χ4v) is 3.22. The van der Waals surface area contributed by atoms with E-state index in [9.17, 15) is 14.0 Å². The van der Waals surface area contributed by atoms with Crippen LogP contribution in [0.15, 0.2) is 54.0 Å². The van der Waals surface area contributed by atoms with Crippen LogP contribution in [0.5, 0.6) is 0 Å². The predicted molar refractivity (Wildman–Crippen MR) is 114 cm³/mol. The molecular weight excluding hydrogens is 401 g/mol. The molecule has 0 saturated heterocycles. The van der Waals surface area contributed by atoms with Crippen molar-refractivity contribution in [2.45, 2.75) is 12.8 Å². The summed E-state index contributed by atoms with van der Waals surface area (Å²) in [5.41, 5.74) is 2.61. The molecule has 1 aliphatic carbocycles. The fraction of sp³-hybridized carbons (Fsp3) is 0.190. The second-order valence-corrected chi connectivity index (χ2v) is 7.02. The summed E-state index contributed by atoms with van der Waals surface area (Å²) in [6.07, 6.45) is 6.39. The van der Waals surface area contributed by atoms with Crippen LogP contribution in [0.1, 0.15) is 12.8 Å². The summed E-state index contributed by atoms with van der Waals surface area (Å²) >= 11 is 0. The summed E-state index contributed by atoms with van der Waals surface area (Å²) in [7, 11) is 3.37. The molecule has 1 aromatic carbocycles. The Morgan fingerprint density at radius 3 is 2.87 bits per heavy atom. The van der Waals surface area contributed by atoms with Gasteiger partial charge < -0.3 is 16.0 Å². The first kappa shape index (κ1) is 20.2. The van der Waals surface area contributed by atoms with Crippen molar-refractivity contribution in [3.63, 3.8) is 0 Å². The fourth-order valence-electron chi connectivity index (χ4n) is 3.22. The van der Waals surface area contributed by atoms with Crippen LogP contribution in [0.2, 0.25) is 0 Å². The Morgan fingerprint density at radius 1 is 1.26 bits per heavy atom. The predicted octanol–water partition coefficient (Wildman–Crippen LogP) is 2.58. The van der Waals surface area contributed by atoms with Crippen molar-refractivity contribution < 1.29 is 14.0 Å².